The maximum Gasteiger partial charge on any atom is 0.407 e. The largest absolute Gasteiger partial charge is 0.488 e. The Morgan fingerprint density at radius 2 is 2.31 bits per heavy atom. The van der Waals surface area contributed by atoms with Crippen molar-refractivity contribution in [2.75, 3.05) is 13.2 Å². The molecule has 16 heavy (non-hydrogen) atoms. The van der Waals surface area contributed by atoms with Crippen LogP contribution in [0.15, 0.2) is 16.6 Å². The van der Waals surface area contributed by atoms with E-state index in [9.17, 15) is 9.18 Å². The number of carboxylic acid groups (broad SMARTS) is 1. The molecule has 1 aromatic carbocycles. The van der Waals surface area contributed by atoms with Crippen LogP contribution in [0.4, 0.5) is 9.18 Å². The summed E-state index contributed by atoms with van der Waals surface area (Å²) in [6.45, 7) is 0.542. The first kappa shape index (κ1) is 11.2. The van der Waals surface area contributed by atoms with Crippen molar-refractivity contribution in [2.24, 2.45) is 0 Å². The standard InChI is InChI=1S/C10H9BrFNO3/c11-7-3-6-5-13(10(14)15)1-2-16-9(6)8(12)4-7/h3-4H,1-2,5H2,(H,14,15). The number of benzene rings is 1. The number of nitrogens with zero attached hydrogens (tertiary/aromatic N) is 1. The Bertz CT molecular complexity index is 438. The van der Waals surface area contributed by atoms with Crippen LogP contribution in [0.2, 0.25) is 0 Å². The molecule has 1 aliphatic heterocycles. The van der Waals surface area contributed by atoms with Crippen LogP contribution < -0.4 is 4.74 Å². The molecule has 86 valence electrons. The number of carbonyl (C=O) groups is 1. The number of fused-ring (bicyclic) bond motifs is 1. The van der Waals surface area contributed by atoms with Crippen LogP contribution >= 0.6 is 15.9 Å². The van der Waals surface area contributed by atoms with Gasteiger partial charge in [0.25, 0.3) is 0 Å². The molecule has 0 saturated heterocycles. The van der Waals surface area contributed by atoms with Gasteiger partial charge in [0, 0.05) is 10.0 Å². The molecule has 0 atom stereocenters. The van der Waals surface area contributed by atoms with Gasteiger partial charge < -0.3 is 14.7 Å². The van der Waals surface area contributed by atoms with Crippen LogP contribution in [0, 0.1) is 5.82 Å². The molecule has 0 aliphatic carbocycles. The highest BCUT2D eigenvalue weighted by Crippen LogP contribution is 2.29. The third-order valence-electron chi connectivity index (χ3n) is 2.32. The van der Waals surface area contributed by atoms with Crippen LogP contribution in [-0.4, -0.2) is 29.3 Å². The van der Waals surface area contributed by atoms with Gasteiger partial charge in [-0.05, 0) is 12.1 Å². The van der Waals surface area contributed by atoms with Gasteiger partial charge in [0.2, 0.25) is 0 Å². The van der Waals surface area contributed by atoms with Crippen molar-refractivity contribution in [3.63, 3.8) is 0 Å². The van der Waals surface area contributed by atoms with E-state index in [2.05, 4.69) is 15.9 Å². The van der Waals surface area contributed by atoms with E-state index in [4.69, 9.17) is 9.84 Å². The Morgan fingerprint density at radius 1 is 1.56 bits per heavy atom. The van der Waals surface area contributed by atoms with E-state index in [0.717, 1.165) is 0 Å². The summed E-state index contributed by atoms with van der Waals surface area (Å²) in [4.78, 5) is 12.0. The Hall–Kier alpha value is -1.30. The molecule has 1 N–H and O–H groups in total. The van der Waals surface area contributed by atoms with Crippen LogP contribution in [-0.2, 0) is 6.54 Å². The highest BCUT2D eigenvalue weighted by atomic mass is 79.9. The van der Waals surface area contributed by atoms with Gasteiger partial charge in [-0.15, -0.1) is 0 Å². The molecule has 6 heteroatoms. The first-order valence-electron chi connectivity index (χ1n) is 4.66. The molecule has 1 aromatic rings. The summed E-state index contributed by atoms with van der Waals surface area (Å²) in [6, 6.07) is 2.97. The Kier molecular flexibility index (Phi) is 3.00. The van der Waals surface area contributed by atoms with Crippen molar-refractivity contribution < 1.29 is 19.0 Å². The fraction of sp³-hybridized carbons (Fsp3) is 0.300. The number of rotatable bonds is 0. The molecule has 0 radical (unpaired) electrons. The zero-order chi connectivity index (χ0) is 11.7. The van der Waals surface area contributed by atoms with Crippen molar-refractivity contribution in [1.82, 2.24) is 4.90 Å². The summed E-state index contributed by atoms with van der Waals surface area (Å²) in [7, 11) is 0. The van der Waals surface area contributed by atoms with Crippen LogP contribution in [0.25, 0.3) is 0 Å². The number of amides is 1. The minimum atomic E-state index is -1.03. The van der Waals surface area contributed by atoms with Gasteiger partial charge >= 0.3 is 6.09 Å². The summed E-state index contributed by atoms with van der Waals surface area (Å²) in [5.74, 6) is -0.330. The zero-order valence-corrected chi connectivity index (χ0v) is 9.83. The van der Waals surface area contributed by atoms with Gasteiger partial charge in [-0.3, -0.25) is 0 Å². The first-order chi connectivity index (χ1) is 7.58. The molecule has 0 spiro atoms. The molecule has 0 saturated carbocycles. The molecule has 0 aromatic heterocycles. The fourth-order valence-corrected chi connectivity index (χ4v) is 2.08. The molecule has 1 amide bonds. The highest BCUT2D eigenvalue weighted by Gasteiger charge is 2.21. The molecule has 1 aliphatic rings. The van der Waals surface area contributed by atoms with E-state index in [1.165, 1.54) is 11.0 Å². The lowest BCUT2D eigenvalue weighted by Crippen LogP contribution is -2.30. The minimum Gasteiger partial charge on any atom is -0.488 e. The van der Waals surface area contributed by atoms with Gasteiger partial charge in [0.15, 0.2) is 11.6 Å². The lowest BCUT2D eigenvalue weighted by Gasteiger charge is -2.15. The monoisotopic (exact) mass is 289 g/mol. The SMILES string of the molecule is O=C(O)N1CCOc2c(F)cc(Br)cc2C1. The minimum absolute atomic E-state index is 0.140. The van der Waals surface area contributed by atoms with Gasteiger partial charge in [-0.25, -0.2) is 9.18 Å². The summed E-state index contributed by atoms with van der Waals surface area (Å²) in [5.41, 5.74) is 0.534. The average molecular weight is 290 g/mol. The van der Waals surface area contributed by atoms with E-state index in [0.29, 0.717) is 10.0 Å². The maximum atomic E-state index is 13.5. The molecule has 2 rings (SSSR count). The van der Waals surface area contributed by atoms with Crippen molar-refractivity contribution in [2.45, 2.75) is 6.54 Å². The van der Waals surface area contributed by atoms with E-state index in [1.807, 2.05) is 0 Å². The molecule has 0 bridgehead atoms. The Balaban J connectivity index is 2.39. The van der Waals surface area contributed by atoms with Crippen molar-refractivity contribution in [1.29, 1.82) is 0 Å². The molecule has 1 heterocycles. The fourth-order valence-electron chi connectivity index (χ4n) is 1.60. The second kappa shape index (κ2) is 4.29. The van der Waals surface area contributed by atoms with Gasteiger partial charge in [-0.1, -0.05) is 15.9 Å². The van der Waals surface area contributed by atoms with Crippen LogP contribution in [0.1, 0.15) is 5.56 Å². The zero-order valence-electron chi connectivity index (χ0n) is 8.24. The second-order valence-corrected chi connectivity index (χ2v) is 4.34. The number of hydrogen-bond donors (Lipinski definition) is 1. The van der Waals surface area contributed by atoms with Crippen LogP contribution in [0.3, 0.4) is 0 Å². The summed E-state index contributed by atoms with van der Waals surface area (Å²) in [5, 5.41) is 8.89. The van der Waals surface area contributed by atoms with E-state index < -0.39 is 11.9 Å². The van der Waals surface area contributed by atoms with E-state index in [-0.39, 0.29) is 25.4 Å². The number of hydrogen-bond acceptors (Lipinski definition) is 2. The highest BCUT2D eigenvalue weighted by molar-refractivity contribution is 9.10. The molecular weight excluding hydrogens is 281 g/mol. The second-order valence-electron chi connectivity index (χ2n) is 3.43. The maximum absolute atomic E-state index is 13.5. The normalized spacial score (nSPS) is 15.0. The lowest BCUT2D eigenvalue weighted by atomic mass is 10.2. The number of halogens is 2. The van der Waals surface area contributed by atoms with Gasteiger partial charge in [0.05, 0.1) is 13.1 Å². The third-order valence-corrected chi connectivity index (χ3v) is 2.78. The van der Waals surface area contributed by atoms with E-state index >= 15 is 0 Å². The predicted octanol–water partition coefficient (Wildman–Crippen LogP) is 2.46. The van der Waals surface area contributed by atoms with Crippen LogP contribution in [0.5, 0.6) is 5.75 Å². The van der Waals surface area contributed by atoms with E-state index in [1.54, 1.807) is 6.07 Å². The summed E-state index contributed by atoms with van der Waals surface area (Å²) in [6.07, 6.45) is -1.03. The summed E-state index contributed by atoms with van der Waals surface area (Å²) >= 11 is 3.16. The number of ether oxygens (including phenoxy) is 1. The third kappa shape index (κ3) is 2.11. The molecule has 4 nitrogen and oxygen atoms in total. The molecular formula is C10H9BrFNO3. The smallest absolute Gasteiger partial charge is 0.407 e. The van der Waals surface area contributed by atoms with Crippen molar-refractivity contribution in [3.8, 4) is 5.75 Å². The van der Waals surface area contributed by atoms with Crippen molar-refractivity contribution in [3.05, 3.63) is 28.0 Å². The van der Waals surface area contributed by atoms with Crippen molar-refractivity contribution >= 4 is 22.0 Å². The topological polar surface area (TPSA) is 49.8 Å². The Labute approximate surface area is 99.7 Å². The quantitative estimate of drug-likeness (QED) is 0.798. The van der Waals surface area contributed by atoms with Gasteiger partial charge in [0.1, 0.15) is 6.61 Å². The molecule has 0 unspecified atom stereocenters. The first-order valence-corrected chi connectivity index (χ1v) is 5.46. The average Bonchev–Trinajstić information content (AvgIpc) is 2.39. The Morgan fingerprint density at radius 3 is 3.00 bits per heavy atom. The van der Waals surface area contributed by atoms with Gasteiger partial charge in [-0.2, -0.15) is 0 Å². The lowest BCUT2D eigenvalue weighted by molar-refractivity contribution is 0.138. The predicted molar refractivity (Wildman–Crippen MR) is 58.0 cm³/mol. The molecule has 0 fully saturated rings. The summed E-state index contributed by atoms with van der Waals surface area (Å²) < 4.78 is 19.3.